The number of rotatable bonds is 5. The van der Waals surface area contributed by atoms with Gasteiger partial charge in [0.15, 0.2) is 0 Å². The number of aliphatic carboxylic acids is 1. The van der Waals surface area contributed by atoms with Gasteiger partial charge in [0.2, 0.25) is 0 Å². The van der Waals surface area contributed by atoms with Gasteiger partial charge in [0.05, 0.1) is 13.0 Å². The SMILES string of the molecule is O=C(O)Cc1ccc(CN2CCCC2CO)cc1. The topological polar surface area (TPSA) is 60.8 Å². The molecule has 1 fully saturated rings. The third-order valence-corrected chi connectivity index (χ3v) is 3.47. The standard InChI is InChI=1S/C14H19NO3/c16-10-13-2-1-7-15(13)9-12-5-3-11(4-6-12)8-14(17)18/h3-6,13,16H,1-2,7-10H2,(H,17,18). The summed E-state index contributed by atoms with van der Waals surface area (Å²) in [4.78, 5) is 12.9. The van der Waals surface area contributed by atoms with Gasteiger partial charge in [0.1, 0.15) is 0 Å². The second-order valence-corrected chi connectivity index (χ2v) is 4.84. The Morgan fingerprint density at radius 3 is 2.56 bits per heavy atom. The lowest BCUT2D eigenvalue weighted by Gasteiger charge is -2.22. The maximum Gasteiger partial charge on any atom is 0.307 e. The molecule has 0 radical (unpaired) electrons. The van der Waals surface area contributed by atoms with Crippen LogP contribution in [0.1, 0.15) is 24.0 Å². The fourth-order valence-corrected chi connectivity index (χ4v) is 2.48. The number of nitrogens with zero attached hydrogens (tertiary/aromatic N) is 1. The lowest BCUT2D eigenvalue weighted by atomic mass is 10.1. The Labute approximate surface area is 107 Å². The van der Waals surface area contributed by atoms with E-state index in [4.69, 9.17) is 5.11 Å². The fraction of sp³-hybridized carbons (Fsp3) is 0.500. The largest absolute Gasteiger partial charge is 0.481 e. The molecule has 4 heteroatoms. The Kier molecular flexibility index (Phi) is 4.33. The van der Waals surface area contributed by atoms with Crippen LogP contribution >= 0.6 is 0 Å². The van der Waals surface area contributed by atoms with Crippen LogP contribution in [0, 0.1) is 0 Å². The highest BCUT2D eigenvalue weighted by Gasteiger charge is 2.23. The maximum atomic E-state index is 10.6. The van der Waals surface area contributed by atoms with Crippen molar-refractivity contribution in [2.24, 2.45) is 0 Å². The van der Waals surface area contributed by atoms with Gasteiger partial charge in [-0.15, -0.1) is 0 Å². The number of aliphatic hydroxyl groups excluding tert-OH is 1. The average Bonchev–Trinajstić information content (AvgIpc) is 2.78. The zero-order valence-corrected chi connectivity index (χ0v) is 10.4. The molecule has 1 unspecified atom stereocenters. The molecule has 4 nitrogen and oxygen atoms in total. The van der Waals surface area contributed by atoms with Crippen molar-refractivity contribution < 1.29 is 15.0 Å². The summed E-state index contributed by atoms with van der Waals surface area (Å²) in [5.74, 6) is -0.803. The first-order valence-corrected chi connectivity index (χ1v) is 6.33. The van der Waals surface area contributed by atoms with Gasteiger partial charge < -0.3 is 10.2 Å². The van der Waals surface area contributed by atoms with Gasteiger partial charge >= 0.3 is 5.97 Å². The summed E-state index contributed by atoms with van der Waals surface area (Å²) < 4.78 is 0. The van der Waals surface area contributed by atoms with Crippen molar-refractivity contribution in [3.63, 3.8) is 0 Å². The molecule has 0 spiro atoms. The molecule has 0 saturated carbocycles. The second kappa shape index (κ2) is 5.98. The number of aliphatic hydroxyl groups is 1. The molecule has 0 aliphatic carbocycles. The van der Waals surface area contributed by atoms with Crippen LogP contribution in [0.3, 0.4) is 0 Å². The highest BCUT2D eigenvalue weighted by atomic mass is 16.4. The highest BCUT2D eigenvalue weighted by molar-refractivity contribution is 5.70. The zero-order valence-electron chi connectivity index (χ0n) is 10.4. The van der Waals surface area contributed by atoms with Gasteiger partial charge in [0, 0.05) is 12.6 Å². The number of likely N-dealkylation sites (tertiary alicyclic amines) is 1. The summed E-state index contributed by atoms with van der Waals surface area (Å²) in [5, 5.41) is 17.9. The molecule has 1 aliphatic heterocycles. The summed E-state index contributed by atoms with van der Waals surface area (Å²) in [6.07, 6.45) is 2.28. The molecule has 98 valence electrons. The van der Waals surface area contributed by atoms with Crippen LogP contribution in [0.4, 0.5) is 0 Å². The molecular formula is C14H19NO3. The van der Waals surface area contributed by atoms with Crippen molar-refractivity contribution >= 4 is 5.97 Å². The summed E-state index contributed by atoms with van der Waals surface area (Å²) in [7, 11) is 0. The molecule has 0 aromatic heterocycles. The molecule has 1 heterocycles. The van der Waals surface area contributed by atoms with Crippen LogP contribution in [0.25, 0.3) is 0 Å². The Hall–Kier alpha value is -1.39. The van der Waals surface area contributed by atoms with Gasteiger partial charge in [-0.25, -0.2) is 0 Å². The molecule has 1 aromatic carbocycles. The number of hydrogen-bond donors (Lipinski definition) is 2. The number of carboxylic acid groups (broad SMARTS) is 1. The molecule has 18 heavy (non-hydrogen) atoms. The molecule has 2 rings (SSSR count). The van der Waals surface area contributed by atoms with E-state index in [1.807, 2.05) is 24.3 Å². The van der Waals surface area contributed by atoms with E-state index in [2.05, 4.69) is 4.90 Å². The minimum Gasteiger partial charge on any atom is -0.481 e. The van der Waals surface area contributed by atoms with Gasteiger partial charge in [-0.2, -0.15) is 0 Å². The molecule has 1 atom stereocenters. The summed E-state index contributed by atoms with van der Waals surface area (Å²) >= 11 is 0. The highest BCUT2D eigenvalue weighted by Crippen LogP contribution is 2.19. The first-order valence-electron chi connectivity index (χ1n) is 6.33. The third-order valence-electron chi connectivity index (χ3n) is 3.47. The third kappa shape index (κ3) is 3.31. The Bertz CT molecular complexity index is 402. The Morgan fingerprint density at radius 2 is 1.94 bits per heavy atom. The van der Waals surface area contributed by atoms with E-state index in [1.165, 1.54) is 5.56 Å². The minimum atomic E-state index is -0.803. The monoisotopic (exact) mass is 249 g/mol. The predicted octanol–water partition coefficient (Wildman–Crippen LogP) is 1.27. The van der Waals surface area contributed by atoms with E-state index in [1.54, 1.807) is 0 Å². The van der Waals surface area contributed by atoms with Crippen LogP contribution in [-0.2, 0) is 17.8 Å². The average molecular weight is 249 g/mol. The van der Waals surface area contributed by atoms with Crippen LogP contribution in [0.15, 0.2) is 24.3 Å². The fourth-order valence-electron chi connectivity index (χ4n) is 2.48. The van der Waals surface area contributed by atoms with E-state index >= 15 is 0 Å². The first-order chi connectivity index (χ1) is 8.69. The summed E-state index contributed by atoms with van der Waals surface area (Å²) in [5.41, 5.74) is 2.00. The number of hydrogen-bond acceptors (Lipinski definition) is 3. The molecular weight excluding hydrogens is 230 g/mol. The maximum absolute atomic E-state index is 10.6. The van der Waals surface area contributed by atoms with Gasteiger partial charge in [0.25, 0.3) is 0 Å². The quantitative estimate of drug-likeness (QED) is 0.825. The minimum absolute atomic E-state index is 0.0727. The molecule has 2 N–H and O–H groups in total. The second-order valence-electron chi connectivity index (χ2n) is 4.84. The van der Waals surface area contributed by atoms with E-state index < -0.39 is 5.97 Å². The smallest absolute Gasteiger partial charge is 0.307 e. The Balaban J connectivity index is 1.95. The molecule has 1 aliphatic rings. The van der Waals surface area contributed by atoms with E-state index in [0.29, 0.717) is 0 Å². The van der Waals surface area contributed by atoms with Crippen LogP contribution in [0.2, 0.25) is 0 Å². The lowest BCUT2D eigenvalue weighted by Crippen LogP contribution is -2.31. The van der Waals surface area contributed by atoms with E-state index in [0.717, 1.165) is 31.5 Å². The summed E-state index contributed by atoms with van der Waals surface area (Å²) in [6.45, 7) is 2.08. The van der Waals surface area contributed by atoms with E-state index in [-0.39, 0.29) is 19.1 Å². The molecule has 1 saturated heterocycles. The lowest BCUT2D eigenvalue weighted by molar-refractivity contribution is -0.136. The van der Waals surface area contributed by atoms with Crippen LogP contribution in [0.5, 0.6) is 0 Å². The zero-order chi connectivity index (χ0) is 13.0. The van der Waals surface area contributed by atoms with Crippen LogP contribution < -0.4 is 0 Å². The first kappa shape index (κ1) is 13.1. The number of benzene rings is 1. The van der Waals surface area contributed by atoms with Gasteiger partial charge in [-0.1, -0.05) is 24.3 Å². The van der Waals surface area contributed by atoms with Crippen molar-refractivity contribution in [1.29, 1.82) is 0 Å². The molecule has 0 bridgehead atoms. The Morgan fingerprint density at radius 1 is 1.28 bits per heavy atom. The number of carboxylic acids is 1. The van der Waals surface area contributed by atoms with Crippen molar-refractivity contribution in [1.82, 2.24) is 4.90 Å². The van der Waals surface area contributed by atoms with Crippen molar-refractivity contribution in [3.05, 3.63) is 35.4 Å². The normalized spacial score (nSPS) is 20.2. The molecule has 1 aromatic rings. The van der Waals surface area contributed by atoms with E-state index in [9.17, 15) is 9.90 Å². The molecule has 0 amide bonds. The van der Waals surface area contributed by atoms with Gasteiger partial charge in [-0.05, 0) is 30.5 Å². The summed E-state index contributed by atoms with van der Waals surface area (Å²) in [6, 6.07) is 7.97. The van der Waals surface area contributed by atoms with Crippen molar-refractivity contribution in [2.75, 3.05) is 13.2 Å². The van der Waals surface area contributed by atoms with Crippen molar-refractivity contribution in [2.45, 2.75) is 31.8 Å². The van der Waals surface area contributed by atoms with Crippen molar-refractivity contribution in [3.8, 4) is 0 Å². The van der Waals surface area contributed by atoms with Crippen LogP contribution in [-0.4, -0.2) is 40.3 Å². The predicted molar refractivity (Wildman–Crippen MR) is 68.3 cm³/mol. The van der Waals surface area contributed by atoms with Gasteiger partial charge in [-0.3, -0.25) is 9.69 Å². The number of carbonyl (C=O) groups is 1.